The van der Waals surface area contributed by atoms with Gasteiger partial charge in [0.25, 0.3) is 0 Å². The first-order valence-corrected chi connectivity index (χ1v) is 4.06. The number of carbonyl (C=O) groups is 1. The smallest absolute Gasteiger partial charge is 0.217 e. The molecule has 0 saturated heterocycles. The number of hydrogen-bond donors (Lipinski definition) is 1. The maximum Gasteiger partial charge on any atom is 0.217 e. The highest BCUT2D eigenvalue weighted by Crippen LogP contribution is 2.16. The number of carbonyl (C=O) groups excluding carboxylic acids is 1. The van der Waals surface area contributed by atoms with E-state index in [1.54, 1.807) is 0 Å². The summed E-state index contributed by atoms with van der Waals surface area (Å²) in [4.78, 5) is 10.5. The number of amides is 1. The highest BCUT2D eigenvalue weighted by molar-refractivity contribution is 7.10. The molecule has 1 heterocycles. The van der Waals surface area contributed by atoms with E-state index in [0.717, 1.165) is 11.5 Å². The summed E-state index contributed by atoms with van der Waals surface area (Å²) in [6.45, 7) is 1.79. The molecular formula is C5H6ClN3OS. The van der Waals surface area contributed by atoms with Crippen molar-refractivity contribution < 1.29 is 4.79 Å². The molecule has 1 aromatic heterocycles. The molecule has 0 aliphatic rings. The zero-order valence-corrected chi connectivity index (χ0v) is 7.37. The maximum atomic E-state index is 10.5. The molecule has 0 atom stereocenters. The molecule has 1 aromatic rings. The van der Waals surface area contributed by atoms with Gasteiger partial charge in [-0.2, -0.15) is 0 Å². The summed E-state index contributed by atoms with van der Waals surface area (Å²) < 4.78 is 4.13. The summed E-state index contributed by atoms with van der Waals surface area (Å²) in [6.07, 6.45) is 0. The van der Waals surface area contributed by atoms with Crippen LogP contribution in [0.2, 0.25) is 4.34 Å². The number of hydrogen-bond acceptors (Lipinski definition) is 4. The van der Waals surface area contributed by atoms with Crippen LogP contribution in [0.4, 0.5) is 0 Å². The molecule has 11 heavy (non-hydrogen) atoms. The molecule has 0 aromatic carbocycles. The van der Waals surface area contributed by atoms with Gasteiger partial charge in [0.2, 0.25) is 5.91 Å². The predicted molar refractivity (Wildman–Crippen MR) is 42.4 cm³/mol. The van der Waals surface area contributed by atoms with Gasteiger partial charge in [0, 0.05) is 18.5 Å². The number of halogens is 1. The second kappa shape index (κ2) is 3.64. The predicted octanol–water partition coefficient (Wildman–Crippen LogP) is 0.828. The number of rotatable bonds is 2. The van der Waals surface area contributed by atoms with E-state index in [4.69, 9.17) is 11.6 Å². The number of nitrogens with one attached hydrogen (secondary N) is 1. The molecule has 0 bridgehead atoms. The molecule has 0 spiro atoms. The SMILES string of the molecule is CC(=O)NCc1nnsc1Cl. The maximum absolute atomic E-state index is 10.5. The standard InChI is InChI=1S/C5H6ClN3OS/c1-3(10)7-2-4-5(6)11-9-8-4/h2H2,1H3,(H,7,10). The van der Waals surface area contributed by atoms with Crippen molar-refractivity contribution in [1.82, 2.24) is 14.9 Å². The van der Waals surface area contributed by atoms with E-state index in [2.05, 4.69) is 14.9 Å². The molecule has 1 rings (SSSR count). The van der Waals surface area contributed by atoms with Gasteiger partial charge in [-0.05, 0) is 0 Å². The minimum Gasteiger partial charge on any atom is -0.351 e. The van der Waals surface area contributed by atoms with E-state index in [9.17, 15) is 4.79 Å². The molecule has 0 unspecified atom stereocenters. The van der Waals surface area contributed by atoms with E-state index in [-0.39, 0.29) is 5.91 Å². The molecular weight excluding hydrogens is 186 g/mol. The van der Waals surface area contributed by atoms with Crippen LogP contribution < -0.4 is 5.32 Å². The van der Waals surface area contributed by atoms with Gasteiger partial charge in [-0.1, -0.05) is 16.1 Å². The van der Waals surface area contributed by atoms with E-state index < -0.39 is 0 Å². The molecule has 0 radical (unpaired) electrons. The van der Waals surface area contributed by atoms with Crippen molar-refractivity contribution >= 4 is 29.0 Å². The first-order valence-electron chi connectivity index (χ1n) is 2.91. The topological polar surface area (TPSA) is 54.9 Å². The van der Waals surface area contributed by atoms with Crippen molar-refractivity contribution in [2.75, 3.05) is 0 Å². The molecule has 1 amide bonds. The van der Waals surface area contributed by atoms with Crippen LogP contribution >= 0.6 is 23.1 Å². The van der Waals surface area contributed by atoms with Crippen molar-refractivity contribution in [1.29, 1.82) is 0 Å². The molecule has 6 heteroatoms. The lowest BCUT2D eigenvalue weighted by atomic mass is 10.5. The fourth-order valence-corrected chi connectivity index (χ4v) is 1.14. The van der Waals surface area contributed by atoms with Crippen LogP contribution in [0.3, 0.4) is 0 Å². The van der Waals surface area contributed by atoms with Crippen LogP contribution in [0.15, 0.2) is 0 Å². The molecule has 0 fully saturated rings. The van der Waals surface area contributed by atoms with Gasteiger partial charge >= 0.3 is 0 Å². The first kappa shape index (κ1) is 8.42. The molecule has 0 saturated carbocycles. The van der Waals surface area contributed by atoms with Gasteiger partial charge in [-0.25, -0.2) is 0 Å². The first-order chi connectivity index (χ1) is 5.20. The van der Waals surface area contributed by atoms with Crippen molar-refractivity contribution in [3.05, 3.63) is 10.0 Å². The zero-order valence-electron chi connectivity index (χ0n) is 5.80. The van der Waals surface area contributed by atoms with Crippen LogP contribution in [0.25, 0.3) is 0 Å². The normalized spacial score (nSPS) is 9.64. The fraction of sp³-hybridized carbons (Fsp3) is 0.400. The third-order valence-electron chi connectivity index (χ3n) is 1.01. The third kappa shape index (κ3) is 2.44. The van der Waals surface area contributed by atoms with Crippen molar-refractivity contribution in [2.24, 2.45) is 0 Å². The molecule has 1 N–H and O–H groups in total. The summed E-state index contributed by atoms with van der Waals surface area (Å²) in [5.74, 6) is -0.103. The lowest BCUT2D eigenvalue weighted by Crippen LogP contribution is -2.19. The van der Waals surface area contributed by atoms with Crippen LogP contribution in [0.5, 0.6) is 0 Å². The quantitative estimate of drug-likeness (QED) is 0.754. The largest absolute Gasteiger partial charge is 0.351 e. The van der Waals surface area contributed by atoms with Gasteiger partial charge < -0.3 is 5.32 Å². The van der Waals surface area contributed by atoms with E-state index in [1.165, 1.54) is 6.92 Å². The van der Waals surface area contributed by atoms with E-state index in [1.807, 2.05) is 0 Å². The Hall–Kier alpha value is -0.680. The van der Waals surface area contributed by atoms with Crippen molar-refractivity contribution in [2.45, 2.75) is 13.5 Å². The Bertz CT molecular complexity index is 262. The van der Waals surface area contributed by atoms with Crippen LogP contribution in [0, 0.1) is 0 Å². The lowest BCUT2D eigenvalue weighted by Gasteiger charge is -1.96. The van der Waals surface area contributed by atoms with E-state index >= 15 is 0 Å². The zero-order chi connectivity index (χ0) is 8.27. The third-order valence-corrected chi connectivity index (χ3v) is 2.00. The molecule has 60 valence electrons. The Morgan fingerprint density at radius 2 is 2.55 bits per heavy atom. The fourth-order valence-electron chi connectivity index (χ4n) is 0.511. The average Bonchev–Trinajstić information content (AvgIpc) is 2.31. The van der Waals surface area contributed by atoms with Gasteiger partial charge in [0.05, 0.1) is 6.54 Å². The van der Waals surface area contributed by atoms with Crippen LogP contribution in [0.1, 0.15) is 12.6 Å². The van der Waals surface area contributed by atoms with Gasteiger partial charge in [-0.15, -0.1) is 5.10 Å². The molecule has 4 nitrogen and oxygen atoms in total. The van der Waals surface area contributed by atoms with E-state index in [0.29, 0.717) is 16.6 Å². The Kier molecular flexibility index (Phi) is 2.78. The summed E-state index contributed by atoms with van der Waals surface area (Å²) in [5, 5.41) is 6.28. The summed E-state index contributed by atoms with van der Waals surface area (Å²) in [5.41, 5.74) is 0.617. The minimum absolute atomic E-state index is 0.103. The average molecular weight is 192 g/mol. The highest BCUT2D eigenvalue weighted by Gasteiger charge is 2.04. The summed E-state index contributed by atoms with van der Waals surface area (Å²) in [6, 6.07) is 0. The van der Waals surface area contributed by atoms with Gasteiger partial charge in [0.1, 0.15) is 10.0 Å². The lowest BCUT2D eigenvalue weighted by molar-refractivity contribution is -0.119. The monoisotopic (exact) mass is 191 g/mol. The summed E-state index contributed by atoms with van der Waals surface area (Å²) >= 11 is 6.77. The van der Waals surface area contributed by atoms with Gasteiger partial charge in [-0.3, -0.25) is 4.79 Å². The Labute approximate surface area is 72.7 Å². The van der Waals surface area contributed by atoms with Crippen LogP contribution in [-0.2, 0) is 11.3 Å². The molecule has 0 aliphatic carbocycles. The van der Waals surface area contributed by atoms with Gasteiger partial charge in [0.15, 0.2) is 0 Å². The van der Waals surface area contributed by atoms with Crippen LogP contribution in [-0.4, -0.2) is 15.5 Å². The molecule has 0 aliphatic heterocycles. The second-order valence-corrected chi connectivity index (χ2v) is 3.26. The highest BCUT2D eigenvalue weighted by atomic mass is 35.5. The Morgan fingerprint density at radius 3 is 3.00 bits per heavy atom. The Morgan fingerprint density at radius 1 is 1.82 bits per heavy atom. The number of nitrogens with zero attached hydrogens (tertiary/aromatic N) is 2. The minimum atomic E-state index is -0.103. The second-order valence-electron chi connectivity index (χ2n) is 1.90. The number of aromatic nitrogens is 2. The van der Waals surface area contributed by atoms with Crippen molar-refractivity contribution in [3.63, 3.8) is 0 Å². The Balaban J connectivity index is 2.51. The van der Waals surface area contributed by atoms with Crippen molar-refractivity contribution in [3.8, 4) is 0 Å². The summed E-state index contributed by atoms with van der Waals surface area (Å²) in [7, 11) is 0.